The van der Waals surface area contributed by atoms with E-state index in [1.54, 1.807) is 29.5 Å². The number of carbonyl (C=O) groups is 2. The van der Waals surface area contributed by atoms with Crippen molar-refractivity contribution < 1.29 is 19.1 Å². The number of ether oxygens (including phenoxy) is 2. The van der Waals surface area contributed by atoms with Gasteiger partial charge in [0.1, 0.15) is 0 Å². The number of benzene rings is 1. The zero-order valence-corrected chi connectivity index (χ0v) is 20.9. The average molecular weight is 486 g/mol. The highest BCUT2D eigenvalue weighted by Gasteiger charge is 2.24. The fourth-order valence-electron chi connectivity index (χ4n) is 4.48. The molecule has 2 aliphatic rings. The molecular weight excluding hydrogens is 450 g/mol. The van der Waals surface area contributed by atoms with Crippen molar-refractivity contribution in [2.75, 3.05) is 59.0 Å². The number of piperazine rings is 1. The molecular formula is C26H35N3O4S. The molecule has 0 atom stereocenters. The van der Waals surface area contributed by atoms with E-state index in [0.717, 1.165) is 65.1 Å². The lowest BCUT2D eigenvalue weighted by Gasteiger charge is -2.34. The fraction of sp³-hybridized carbons (Fsp3) is 0.538. The van der Waals surface area contributed by atoms with Gasteiger partial charge in [-0.3, -0.25) is 14.5 Å². The van der Waals surface area contributed by atoms with Crippen LogP contribution in [0.2, 0.25) is 0 Å². The van der Waals surface area contributed by atoms with Crippen molar-refractivity contribution in [3.63, 3.8) is 0 Å². The van der Waals surface area contributed by atoms with E-state index in [2.05, 4.69) is 22.4 Å². The average Bonchev–Trinajstić information content (AvgIpc) is 3.41. The summed E-state index contributed by atoms with van der Waals surface area (Å²) in [7, 11) is 0. The van der Waals surface area contributed by atoms with E-state index in [9.17, 15) is 9.59 Å². The molecule has 2 aliphatic heterocycles. The molecule has 0 saturated carbocycles. The molecule has 0 aliphatic carbocycles. The Bertz CT molecular complexity index is 936. The lowest BCUT2D eigenvalue weighted by molar-refractivity contribution is -0.134. The Morgan fingerprint density at radius 1 is 0.912 bits per heavy atom. The Morgan fingerprint density at radius 3 is 2.41 bits per heavy atom. The van der Waals surface area contributed by atoms with Crippen LogP contribution in [0, 0.1) is 0 Å². The van der Waals surface area contributed by atoms with Gasteiger partial charge in [0, 0.05) is 56.3 Å². The van der Waals surface area contributed by atoms with E-state index < -0.39 is 0 Å². The third-order valence-electron chi connectivity index (χ3n) is 6.46. The number of piperidine rings is 1. The lowest BCUT2D eigenvalue weighted by atomic mass is 10.1. The summed E-state index contributed by atoms with van der Waals surface area (Å²) in [5, 5.41) is 2.12. The molecule has 2 fully saturated rings. The number of hydrogen-bond donors (Lipinski definition) is 0. The van der Waals surface area contributed by atoms with Gasteiger partial charge >= 0.3 is 0 Å². The summed E-state index contributed by atoms with van der Waals surface area (Å²) >= 11 is 1.80. The summed E-state index contributed by atoms with van der Waals surface area (Å²) in [6.45, 7) is 8.17. The van der Waals surface area contributed by atoms with Gasteiger partial charge in [-0.25, -0.2) is 0 Å². The molecule has 0 radical (unpaired) electrons. The van der Waals surface area contributed by atoms with Crippen molar-refractivity contribution in [2.24, 2.45) is 0 Å². The third-order valence-corrected chi connectivity index (χ3v) is 7.40. The molecule has 7 nitrogen and oxygen atoms in total. The normalized spacial score (nSPS) is 17.0. The Balaban J connectivity index is 1.31. The van der Waals surface area contributed by atoms with Gasteiger partial charge in [-0.15, -0.1) is 11.3 Å². The van der Waals surface area contributed by atoms with Crippen molar-refractivity contribution >= 4 is 23.2 Å². The van der Waals surface area contributed by atoms with Gasteiger partial charge in [0.2, 0.25) is 0 Å². The third kappa shape index (κ3) is 6.51. The first kappa shape index (κ1) is 24.5. The standard InChI is InChI=1S/C26H35N3O4S/c1-2-32-24-19-21(8-9-23(24)33-20-25(30)28-11-4-3-5-12-28)26(31)29-16-14-27(15-17-29)13-10-22-7-6-18-34-22/h6-9,18-19H,2-5,10-17,20H2,1H3. The molecule has 1 aromatic carbocycles. The summed E-state index contributed by atoms with van der Waals surface area (Å²) < 4.78 is 11.6. The second-order valence-corrected chi connectivity index (χ2v) is 9.82. The van der Waals surface area contributed by atoms with Crippen molar-refractivity contribution in [2.45, 2.75) is 32.6 Å². The molecule has 2 saturated heterocycles. The van der Waals surface area contributed by atoms with E-state index in [4.69, 9.17) is 9.47 Å². The Labute approximate surface area is 206 Å². The minimum absolute atomic E-state index is 0.000694. The highest BCUT2D eigenvalue weighted by molar-refractivity contribution is 7.09. The molecule has 4 rings (SSSR count). The number of rotatable bonds is 9. The van der Waals surface area contributed by atoms with Crippen molar-refractivity contribution in [1.29, 1.82) is 0 Å². The largest absolute Gasteiger partial charge is 0.490 e. The maximum absolute atomic E-state index is 13.1. The summed E-state index contributed by atoms with van der Waals surface area (Å²) in [6, 6.07) is 9.54. The Hall–Kier alpha value is -2.58. The quantitative estimate of drug-likeness (QED) is 0.544. The first-order chi connectivity index (χ1) is 16.6. The van der Waals surface area contributed by atoms with Crippen LogP contribution in [0.3, 0.4) is 0 Å². The maximum Gasteiger partial charge on any atom is 0.260 e. The minimum atomic E-state index is -0.0131. The van der Waals surface area contributed by atoms with Gasteiger partial charge < -0.3 is 19.3 Å². The Morgan fingerprint density at radius 2 is 1.71 bits per heavy atom. The predicted molar refractivity (Wildman–Crippen MR) is 134 cm³/mol. The number of nitrogens with zero attached hydrogens (tertiary/aromatic N) is 3. The second kappa shape index (κ2) is 12.2. The number of carbonyl (C=O) groups excluding carboxylic acids is 2. The predicted octanol–water partition coefficient (Wildman–Crippen LogP) is 3.54. The molecule has 2 aromatic rings. The zero-order valence-electron chi connectivity index (χ0n) is 20.0. The summed E-state index contributed by atoms with van der Waals surface area (Å²) in [5.74, 6) is 1.02. The van der Waals surface area contributed by atoms with E-state index >= 15 is 0 Å². The lowest BCUT2D eigenvalue weighted by Crippen LogP contribution is -2.49. The summed E-state index contributed by atoms with van der Waals surface area (Å²) in [6.07, 6.45) is 4.34. The van der Waals surface area contributed by atoms with Crippen LogP contribution in [0.1, 0.15) is 41.4 Å². The number of amides is 2. The van der Waals surface area contributed by atoms with Crippen LogP contribution in [0.15, 0.2) is 35.7 Å². The topological polar surface area (TPSA) is 62.3 Å². The van der Waals surface area contributed by atoms with Gasteiger partial charge in [-0.2, -0.15) is 0 Å². The molecule has 8 heteroatoms. The van der Waals surface area contributed by atoms with Crippen LogP contribution in [-0.2, 0) is 11.2 Å². The molecule has 1 aromatic heterocycles. The molecule has 3 heterocycles. The maximum atomic E-state index is 13.1. The van der Waals surface area contributed by atoms with Crippen LogP contribution in [-0.4, -0.2) is 85.5 Å². The second-order valence-electron chi connectivity index (χ2n) is 8.79. The number of thiophene rings is 1. The zero-order chi connectivity index (χ0) is 23.8. The molecule has 0 spiro atoms. The summed E-state index contributed by atoms with van der Waals surface area (Å²) in [4.78, 5) is 33.2. The molecule has 2 amide bonds. The van der Waals surface area contributed by atoms with E-state index in [1.807, 2.05) is 16.7 Å². The smallest absolute Gasteiger partial charge is 0.260 e. The highest BCUT2D eigenvalue weighted by Crippen LogP contribution is 2.29. The van der Waals surface area contributed by atoms with Gasteiger partial charge in [0.15, 0.2) is 18.1 Å². The van der Waals surface area contributed by atoms with E-state index in [1.165, 1.54) is 11.3 Å². The molecule has 0 unspecified atom stereocenters. The van der Waals surface area contributed by atoms with Gasteiger partial charge in [-0.1, -0.05) is 6.07 Å². The van der Waals surface area contributed by atoms with Crippen molar-refractivity contribution in [1.82, 2.24) is 14.7 Å². The van der Waals surface area contributed by atoms with Gasteiger partial charge in [0.05, 0.1) is 6.61 Å². The highest BCUT2D eigenvalue weighted by atomic mass is 32.1. The SMILES string of the molecule is CCOc1cc(C(=O)N2CCN(CCc3cccs3)CC2)ccc1OCC(=O)N1CCCCC1. The van der Waals surface area contributed by atoms with E-state index in [0.29, 0.717) is 23.7 Å². The van der Waals surface area contributed by atoms with Crippen LogP contribution in [0.4, 0.5) is 0 Å². The van der Waals surface area contributed by atoms with E-state index in [-0.39, 0.29) is 18.4 Å². The molecule has 184 valence electrons. The van der Waals surface area contributed by atoms with Crippen molar-refractivity contribution in [3.05, 3.63) is 46.2 Å². The first-order valence-corrected chi connectivity index (χ1v) is 13.2. The first-order valence-electron chi connectivity index (χ1n) is 12.4. The van der Waals surface area contributed by atoms with Crippen LogP contribution >= 0.6 is 11.3 Å². The van der Waals surface area contributed by atoms with Crippen LogP contribution in [0.25, 0.3) is 0 Å². The number of hydrogen-bond acceptors (Lipinski definition) is 6. The number of likely N-dealkylation sites (tertiary alicyclic amines) is 1. The van der Waals surface area contributed by atoms with Crippen molar-refractivity contribution in [3.8, 4) is 11.5 Å². The van der Waals surface area contributed by atoms with Crippen LogP contribution in [0.5, 0.6) is 11.5 Å². The Kier molecular flexibility index (Phi) is 8.82. The molecule has 0 N–H and O–H groups in total. The van der Waals surface area contributed by atoms with Gasteiger partial charge in [-0.05, 0) is 62.3 Å². The molecule has 0 bridgehead atoms. The monoisotopic (exact) mass is 485 g/mol. The van der Waals surface area contributed by atoms with Crippen LogP contribution < -0.4 is 9.47 Å². The fourth-order valence-corrected chi connectivity index (χ4v) is 5.18. The van der Waals surface area contributed by atoms with Gasteiger partial charge in [0.25, 0.3) is 11.8 Å². The minimum Gasteiger partial charge on any atom is -0.490 e. The molecule has 34 heavy (non-hydrogen) atoms. The summed E-state index contributed by atoms with van der Waals surface area (Å²) in [5.41, 5.74) is 0.588.